The van der Waals surface area contributed by atoms with Crippen LogP contribution in [0.25, 0.3) is 11.0 Å². The molecule has 146 valence electrons. The third-order valence-corrected chi connectivity index (χ3v) is 4.75. The fourth-order valence-electron chi connectivity index (χ4n) is 3.30. The lowest BCUT2D eigenvalue weighted by Gasteiger charge is -2.32. The van der Waals surface area contributed by atoms with Crippen molar-refractivity contribution in [2.75, 3.05) is 26.2 Å². The number of nitrogens with zero attached hydrogens (tertiary/aromatic N) is 1. The van der Waals surface area contributed by atoms with Gasteiger partial charge in [-0.25, -0.2) is 4.79 Å². The molecule has 1 N–H and O–H groups in total. The number of carbonyl (C=O) groups excluding carboxylic acids is 1. The van der Waals surface area contributed by atoms with Crippen LogP contribution < -0.4 is 5.32 Å². The van der Waals surface area contributed by atoms with Gasteiger partial charge in [0.25, 0.3) is 0 Å². The summed E-state index contributed by atoms with van der Waals surface area (Å²) in [5.41, 5.74) is 1.87. The number of fused-ring (bicyclic) bond motifs is 1. The molecule has 4 rings (SSSR count). The van der Waals surface area contributed by atoms with Crippen LogP contribution in [0.5, 0.6) is 0 Å². The molecule has 0 aliphatic carbocycles. The predicted octanol–water partition coefficient (Wildman–Crippen LogP) is 3.56. The lowest BCUT2D eigenvalue weighted by atomic mass is 10.2. The highest BCUT2D eigenvalue weighted by atomic mass is 16.6. The van der Waals surface area contributed by atoms with Crippen molar-refractivity contribution in [1.82, 2.24) is 10.2 Å². The Morgan fingerprint density at radius 3 is 2.82 bits per heavy atom. The minimum absolute atomic E-state index is 0.0672. The van der Waals surface area contributed by atoms with Gasteiger partial charge in [0.05, 0.1) is 25.8 Å². The molecule has 1 atom stereocenters. The van der Waals surface area contributed by atoms with Crippen molar-refractivity contribution in [3.8, 4) is 0 Å². The van der Waals surface area contributed by atoms with Crippen LogP contribution in [0.15, 0.2) is 65.1 Å². The van der Waals surface area contributed by atoms with Crippen molar-refractivity contribution < 1.29 is 18.7 Å². The molecule has 28 heavy (non-hydrogen) atoms. The number of morpholine rings is 1. The number of hydrogen-bond donors (Lipinski definition) is 1. The first-order valence-corrected chi connectivity index (χ1v) is 9.53. The lowest BCUT2D eigenvalue weighted by molar-refractivity contribution is -0.0272. The van der Waals surface area contributed by atoms with Crippen molar-refractivity contribution >= 4 is 17.1 Å². The number of amides is 1. The Morgan fingerprint density at radius 2 is 1.96 bits per heavy atom. The fourth-order valence-corrected chi connectivity index (χ4v) is 3.30. The second kappa shape index (κ2) is 8.91. The van der Waals surface area contributed by atoms with Gasteiger partial charge in [0.1, 0.15) is 18.0 Å². The van der Waals surface area contributed by atoms with E-state index in [4.69, 9.17) is 13.9 Å². The monoisotopic (exact) mass is 380 g/mol. The van der Waals surface area contributed by atoms with Gasteiger partial charge in [-0.05, 0) is 17.7 Å². The largest absolute Gasteiger partial charge is 0.460 e. The first kappa shape index (κ1) is 18.5. The van der Waals surface area contributed by atoms with Gasteiger partial charge in [-0.15, -0.1) is 0 Å². The van der Waals surface area contributed by atoms with Gasteiger partial charge in [-0.1, -0.05) is 48.5 Å². The van der Waals surface area contributed by atoms with Crippen LogP contribution in [0.1, 0.15) is 11.3 Å². The van der Waals surface area contributed by atoms with Crippen molar-refractivity contribution in [3.05, 3.63) is 72.0 Å². The summed E-state index contributed by atoms with van der Waals surface area (Å²) in [6, 6.07) is 19.7. The number of nitrogens with one attached hydrogen (secondary N) is 1. The Labute approximate surface area is 164 Å². The van der Waals surface area contributed by atoms with E-state index in [0.717, 1.165) is 22.3 Å². The maximum atomic E-state index is 12.3. The van der Waals surface area contributed by atoms with E-state index in [2.05, 4.69) is 5.32 Å². The van der Waals surface area contributed by atoms with E-state index in [1.165, 1.54) is 0 Å². The highest BCUT2D eigenvalue weighted by Gasteiger charge is 2.25. The molecule has 1 aromatic heterocycles. The minimum Gasteiger partial charge on any atom is -0.460 e. The highest BCUT2D eigenvalue weighted by molar-refractivity contribution is 5.77. The third-order valence-electron chi connectivity index (χ3n) is 4.75. The van der Waals surface area contributed by atoms with E-state index in [9.17, 15) is 4.79 Å². The molecule has 6 heteroatoms. The quantitative estimate of drug-likeness (QED) is 0.708. The summed E-state index contributed by atoms with van der Waals surface area (Å²) in [7, 11) is 0. The number of carbonyl (C=O) groups is 1. The van der Waals surface area contributed by atoms with Crippen molar-refractivity contribution in [2.45, 2.75) is 19.3 Å². The molecule has 3 aromatic rings. The van der Waals surface area contributed by atoms with Crippen LogP contribution in [0.2, 0.25) is 0 Å². The normalized spacial score (nSPS) is 17.0. The van der Waals surface area contributed by atoms with Gasteiger partial charge in [0, 0.05) is 18.5 Å². The van der Waals surface area contributed by atoms with Crippen LogP contribution in [-0.4, -0.2) is 43.3 Å². The maximum absolute atomic E-state index is 12.3. The van der Waals surface area contributed by atoms with Crippen LogP contribution in [-0.2, 0) is 22.6 Å². The summed E-state index contributed by atoms with van der Waals surface area (Å²) in [4.78, 5) is 14.0. The Balaban J connectivity index is 1.22. The van der Waals surface area contributed by atoms with E-state index in [0.29, 0.717) is 32.8 Å². The summed E-state index contributed by atoms with van der Waals surface area (Å²) in [6.07, 6.45) is -0.364. The Kier molecular flexibility index (Phi) is 5.89. The Hall–Kier alpha value is -2.83. The van der Waals surface area contributed by atoms with E-state index in [1.807, 2.05) is 60.7 Å². The summed E-state index contributed by atoms with van der Waals surface area (Å²) < 4.78 is 17.0. The first-order chi connectivity index (χ1) is 13.8. The topological polar surface area (TPSA) is 63.9 Å². The van der Waals surface area contributed by atoms with Crippen LogP contribution >= 0.6 is 0 Å². The maximum Gasteiger partial charge on any atom is 0.410 e. The zero-order chi connectivity index (χ0) is 19.2. The lowest BCUT2D eigenvalue weighted by Crippen LogP contribution is -2.49. The minimum atomic E-state index is -0.297. The van der Waals surface area contributed by atoms with Gasteiger partial charge in [0.15, 0.2) is 0 Å². The van der Waals surface area contributed by atoms with Gasteiger partial charge in [0.2, 0.25) is 0 Å². The van der Waals surface area contributed by atoms with Crippen molar-refractivity contribution in [1.29, 1.82) is 0 Å². The first-order valence-electron chi connectivity index (χ1n) is 9.53. The summed E-state index contributed by atoms with van der Waals surface area (Å²) >= 11 is 0. The van der Waals surface area contributed by atoms with Gasteiger partial charge >= 0.3 is 6.09 Å². The molecule has 0 radical (unpaired) electrons. The number of ether oxygens (including phenoxy) is 2. The number of furan rings is 1. The zero-order valence-electron chi connectivity index (χ0n) is 15.7. The van der Waals surface area contributed by atoms with Gasteiger partial charge in [-0.3, -0.25) is 0 Å². The number of rotatable bonds is 6. The molecule has 1 amide bonds. The average molecular weight is 380 g/mol. The molecule has 1 aliphatic rings. The fraction of sp³-hybridized carbons (Fsp3) is 0.318. The van der Waals surface area contributed by atoms with Crippen LogP contribution in [0, 0.1) is 0 Å². The van der Waals surface area contributed by atoms with E-state index in [-0.39, 0.29) is 18.8 Å². The molecule has 2 heterocycles. The number of hydrogen-bond acceptors (Lipinski definition) is 5. The molecule has 6 nitrogen and oxygen atoms in total. The predicted molar refractivity (Wildman–Crippen MR) is 106 cm³/mol. The molecule has 1 fully saturated rings. The highest BCUT2D eigenvalue weighted by Crippen LogP contribution is 2.18. The van der Waals surface area contributed by atoms with E-state index >= 15 is 0 Å². The zero-order valence-corrected chi connectivity index (χ0v) is 15.7. The molecule has 0 spiro atoms. The number of benzene rings is 2. The van der Waals surface area contributed by atoms with Gasteiger partial charge < -0.3 is 24.1 Å². The molecular weight excluding hydrogens is 356 g/mol. The van der Waals surface area contributed by atoms with Crippen LogP contribution in [0.4, 0.5) is 4.79 Å². The molecule has 1 aliphatic heterocycles. The molecule has 0 bridgehead atoms. The van der Waals surface area contributed by atoms with Crippen molar-refractivity contribution in [3.63, 3.8) is 0 Å². The second-order valence-corrected chi connectivity index (χ2v) is 6.86. The Bertz CT molecular complexity index is 876. The summed E-state index contributed by atoms with van der Waals surface area (Å²) in [5, 5.41) is 4.45. The Morgan fingerprint density at radius 1 is 1.14 bits per heavy atom. The SMILES string of the molecule is O=C(OCc1ccccc1)N1CCOC(CNCc2cc3ccccc3o2)C1. The average Bonchev–Trinajstić information content (AvgIpc) is 3.16. The number of para-hydroxylation sites is 1. The molecule has 1 saturated heterocycles. The molecule has 0 saturated carbocycles. The van der Waals surface area contributed by atoms with Gasteiger partial charge in [-0.2, -0.15) is 0 Å². The van der Waals surface area contributed by atoms with Crippen LogP contribution in [0.3, 0.4) is 0 Å². The van der Waals surface area contributed by atoms with Crippen molar-refractivity contribution in [2.24, 2.45) is 0 Å². The smallest absolute Gasteiger partial charge is 0.410 e. The second-order valence-electron chi connectivity index (χ2n) is 6.86. The summed E-state index contributed by atoms with van der Waals surface area (Å²) in [6.45, 7) is 3.12. The summed E-state index contributed by atoms with van der Waals surface area (Å²) in [5.74, 6) is 0.885. The third kappa shape index (κ3) is 4.71. The molecule has 2 aromatic carbocycles. The van der Waals surface area contributed by atoms with E-state index < -0.39 is 0 Å². The standard InChI is InChI=1S/C22H24N2O4/c25-22(27-16-17-6-2-1-3-7-17)24-10-11-26-20(15-24)14-23-13-19-12-18-8-4-5-9-21(18)28-19/h1-9,12,20,23H,10-11,13-16H2. The van der Waals surface area contributed by atoms with E-state index in [1.54, 1.807) is 4.90 Å². The molecule has 1 unspecified atom stereocenters. The molecular formula is C22H24N2O4.